The average Bonchev–Trinajstić information content (AvgIpc) is 2.28. The Kier molecular flexibility index (Phi) is 3.33. The van der Waals surface area contributed by atoms with Crippen molar-refractivity contribution < 1.29 is 4.79 Å². The van der Waals surface area contributed by atoms with Crippen LogP contribution in [0.15, 0.2) is 36.4 Å². The van der Waals surface area contributed by atoms with Crippen LogP contribution in [0.4, 0.5) is 0 Å². The lowest BCUT2D eigenvalue weighted by Gasteiger charge is -2.12. The van der Waals surface area contributed by atoms with Gasteiger partial charge in [-0.15, -0.1) is 0 Å². The van der Waals surface area contributed by atoms with Gasteiger partial charge in [0.1, 0.15) is 0 Å². The van der Waals surface area contributed by atoms with Gasteiger partial charge in [0, 0.05) is 11.1 Å². The van der Waals surface area contributed by atoms with E-state index < -0.39 is 0 Å². The van der Waals surface area contributed by atoms with Gasteiger partial charge in [0.15, 0.2) is 5.78 Å². The fourth-order valence-corrected chi connectivity index (χ4v) is 2.47. The summed E-state index contributed by atoms with van der Waals surface area (Å²) >= 11 is 0. The zero-order valence-corrected chi connectivity index (χ0v) is 11.4. The van der Waals surface area contributed by atoms with Crippen molar-refractivity contribution in [2.24, 2.45) is 0 Å². The van der Waals surface area contributed by atoms with Crippen LogP contribution in [-0.4, -0.2) is 5.78 Å². The van der Waals surface area contributed by atoms with Crippen LogP contribution in [0.1, 0.15) is 38.2 Å². The number of hydrogen-bond donors (Lipinski definition) is 0. The number of ketones is 1. The Morgan fingerprint density at radius 2 is 0.944 bits per heavy atom. The summed E-state index contributed by atoms with van der Waals surface area (Å²) in [6.45, 7) is 7.98. The van der Waals surface area contributed by atoms with Crippen molar-refractivity contribution in [3.8, 4) is 0 Å². The molecule has 1 heteroatoms. The number of carbonyl (C=O) groups is 1. The minimum absolute atomic E-state index is 0.140. The smallest absolute Gasteiger partial charge is 0.194 e. The topological polar surface area (TPSA) is 17.1 Å². The Morgan fingerprint density at radius 3 is 1.22 bits per heavy atom. The van der Waals surface area contributed by atoms with E-state index in [0.717, 1.165) is 33.4 Å². The first-order valence-electron chi connectivity index (χ1n) is 6.19. The normalized spacial score (nSPS) is 10.4. The molecule has 92 valence electrons. The van der Waals surface area contributed by atoms with Gasteiger partial charge in [-0.3, -0.25) is 4.79 Å². The highest BCUT2D eigenvalue weighted by atomic mass is 16.1. The molecule has 0 aliphatic heterocycles. The maximum atomic E-state index is 12.7. The summed E-state index contributed by atoms with van der Waals surface area (Å²) in [5.41, 5.74) is 5.86. The quantitative estimate of drug-likeness (QED) is 0.718. The van der Waals surface area contributed by atoms with E-state index >= 15 is 0 Å². The molecule has 0 aromatic heterocycles. The van der Waals surface area contributed by atoms with Crippen molar-refractivity contribution in [2.75, 3.05) is 0 Å². The van der Waals surface area contributed by atoms with Crippen LogP contribution >= 0.6 is 0 Å². The van der Waals surface area contributed by atoms with Crippen LogP contribution in [0.25, 0.3) is 0 Å². The maximum Gasteiger partial charge on any atom is 0.194 e. The zero-order valence-electron chi connectivity index (χ0n) is 11.4. The summed E-state index contributed by atoms with van der Waals surface area (Å²) in [5, 5.41) is 0. The third-order valence-corrected chi connectivity index (χ3v) is 3.42. The van der Waals surface area contributed by atoms with Crippen LogP contribution < -0.4 is 0 Å². The second kappa shape index (κ2) is 4.77. The maximum absolute atomic E-state index is 12.7. The second-order valence-corrected chi connectivity index (χ2v) is 4.86. The van der Waals surface area contributed by atoms with Crippen LogP contribution in [0, 0.1) is 27.7 Å². The molecule has 0 fully saturated rings. The molecule has 0 saturated carbocycles. The number of hydrogen-bond acceptors (Lipinski definition) is 1. The Labute approximate surface area is 108 Å². The summed E-state index contributed by atoms with van der Waals surface area (Å²) in [6, 6.07) is 12.0. The number of carbonyl (C=O) groups excluding carboxylic acids is 1. The van der Waals surface area contributed by atoms with Gasteiger partial charge in [-0.1, -0.05) is 36.4 Å². The number of rotatable bonds is 2. The van der Waals surface area contributed by atoms with Crippen LogP contribution in [0.5, 0.6) is 0 Å². The predicted molar refractivity (Wildman–Crippen MR) is 75.3 cm³/mol. The van der Waals surface area contributed by atoms with E-state index in [0.29, 0.717) is 0 Å². The molecule has 0 radical (unpaired) electrons. The molecule has 0 unspecified atom stereocenters. The lowest BCUT2D eigenvalue weighted by atomic mass is 9.90. The minimum Gasteiger partial charge on any atom is -0.289 e. The van der Waals surface area contributed by atoms with Crippen LogP contribution in [0.3, 0.4) is 0 Å². The molecule has 1 nitrogen and oxygen atoms in total. The van der Waals surface area contributed by atoms with E-state index in [1.165, 1.54) is 0 Å². The van der Waals surface area contributed by atoms with E-state index in [9.17, 15) is 4.79 Å². The molecule has 0 saturated heterocycles. The second-order valence-electron chi connectivity index (χ2n) is 4.86. The molecule has 0 aliphatic carbocycles. The number of aryl methyl sites for hydroxylation is 4. The summed E-state index contributed by atoms with van der Waals surface area (Å²) < 4.78 is 0. The summed E-state index contributed by atoms with van der Waals surface area (Å²) in [6.07, 6.45) is 0. The summed E-state index contributed by atoms with van der Waals surface area (Å²) in [7, 11) is 0. The van der Waals surface area contributed by atoms with Crippen molar-refractivity contribution in [1.29, 1.82) is 0 Å². The third-order valence-electron chi connectivity index (χ3n) is 3.42. The standard InChI is InChI=1S/C17H18O/c1-11-7-5-8-12(2)15(11)17(18)16-13(3)9-6-10-14(16)4/h5-10H,1-4H3. The molecule has 18 heavy (non-hydrogen) atoms. The largest absolute Gasteiger partial charge is 0.289 e. The number of benzene rings is 2. The van der Waals surface area contributed by atoms with E-state index in [1.807, 2.05) is 64.1 Å². The molecular weight excluding hydrogens is 220 g/mol. The highest BCUT2D eigenvalue weighted by molar-refractivity contribution is 6.12. The third kappa shape index (κ3) is 2.08. The first-order chi connectivity index (χ1) is 8.52. The summed E-state index contributed by atoms with van der Waals surface area (Å²) in [5.74, 6) is 0.140. The first kappa shape index (κ1) is 12.6. The predicted octanol–water partition coefficient (Wildman–Crippen LogP) is 4.15. The van der Waals surface area contributed by atoms with Gasteiger partial charge in [0.25, 0.3) is 0 Å². The molecule has 0 spiro atoms. The van der Waals surface area contributed by atoms with E-state index in [1.54, 1.807) is 0 Å². The van der Waals surface area contributed by atoms with Gasteiger partial charge in [-0.2, -0.15) is 0 Å². The van der Waals surface area contributed by atoms with Crippen molar-refractivity contribution in [3.05, 3.63) is 69.8 Å². The fraction of sp³-hybridized carbons (Fsp3) is 0.235. The van der Waals surface area contributed by atoms with E-state index in [2.05, 4.69) is 0 Å². The molecule has 2 aromatic rings. The van der Waals surface area contributed by atoms with Crippen molar-refractivity contribution in [3.63, 3.8) is 0 Å². The Bertz CT molecular complexity index is 515. The van der Waals surface area contributed by atoms with Crippen LogP contribution in [-0.2, 0) is 0 Å². The molecule has 0 atom stereocenters. The Balaban J connectivity index is 2.63. The highest BCUT2D eigenvalue weighted by Gasteiger charge is 2.17. The van der Waals surface area contributed by atoms with Gasteiger partial charge in [0.2, 0.25) is 0 Å². The SMILES string of the molecule is Cc1cccc(C)c1C(=O)c1c(C)cccc1C. The molecular formula is C17H18O. The van der Waals surface area contributed by atoms with E-state index in [-0.39, 0.29) is 5.78 Å². The van der Waals surface area contributed by atoms with Gasteiger partial charge in [0.05, 0.1) is 0 Å². The molecule has 0 N–H and O–H groups in total. The van der Waals surface area contributed by atoms with Gasteiger partial charge >= 0.3 is 0 Å². The van der Waals surface area contributed by atoms with E-state index in [4.69, 9.17) is 0 Å². The zero-order chi connectivity index (χ0) is 13.3. The Hall–Kier alpha value is -1.89. The molecule has 0 bridgehead atoms. The average molecular weight is 238 g/mol. The minimum atomic E-state index is 0.140. The van der Waals surface area contributed by atoms with Crippen LogP contribution in [0.2, 0.25) is 0 Å². The molecule has 0 heterocycles. The lowest BCUT2D eigenvalue weighted by molar-refractivity contribution is 0.103. The van der Waals surface area contributed by atoms with Gasteiger partial charge < -0.3 is 0 Å². The molecule has 2 rings (SSSR count). The van der Waals surface area contributed by atoms with Gasteiger partial charge in [-0.25, -0.2) is 0 Å². The first-order valence-corrected chi connectivity index (χ1v) is 6.19. The molecule has 0 amide bonds. The highest BCUT2D eigenvalue weighted by Crippen LogP contribution is 2.22. The monoisotopic (exact) mass is 238 g/mol. The van der Waals surface area contributed by atoms with Crippen molar-refractivity contribution >= 4 is 5.78 Å². The molecule has 2 aromatic carbocycles. The fourth-order valence-electron chi connectivity index (χ4n) is 2.47. The molecule has 0 aliphatic rings. The van der Waals surface area contributed by atoms with Crippen molar-refractivity contribution in [2.45, 2.75) is 27.7 Å². The Morgan fingerprint density at radius 1 is 0.667 bits per heavy atom. The van der Waals surface area contributed by atoms with Crippen molar-refractivity contribution in [1.82, 2.24) is 0 Å². The van der Waals surface area contributed by atoms with Gasteiger partial charge in [-0.05, 0) is 49.9 Å². The lowest BCUT2D eigenvalue weighted by Crippen LogP contribution is -2.09. The summed E-state index contributed by atoms with van der Waals surface area (Å²) in [4.78, 5) is 12.7.